The lowest BCUT2D eigenvalue weighted by molar-refractivity contribution is 0.470. The lowest BCUT2D eigenvalue weighted by atomic mass is 10.1. The van der Waals surface area contributed by atoms with Gasteiger partial charge in [0.2, 0.25) is 4.96 Å². The molecule has 4 nitrogen and oxygen atoms in total. The fourth-order valence-corrected chi connectivity index (χ4v) is 3.08. The monoisotopic (exact) mass is 307 g/mol. The van der Waals surface area contributed by atoms with Crippen molar-refractivity contribution in [2.24, 2.45) is 0 Å². The highest BCUT2D eigenvalue weighted by Crippen LogP contribution is 2.28. The first-order chi connectivity index (χ1) is 10.8. The Kier molecular flexibility index (Phi) is 3.12. The van der Waals surface area contributed by atoms with E-state index in [0.717, 1.165) is 22.0 Å². The Bertz CT molecular complexity index is 879. The molecule has 4 aromatic rings. The van der Waals surface area contributed by atoms with Gasteiger partial charge in [0.25, 0.3) is 5.19 Å². The summed E-state index contributed by atoms with van der Waals surface area (Å²) in [5, 5.41) is 4.95. The van der Waals surface area contributed by atoms with E-state index < -0.39 is 0 Å². The largest absolute Gasteiger partial charge is 0.430 e. The molecule has 4 rings (SSSR count). The average molecular weight is 307 g/mol. The van der Waals surface area contributed by atoms with Crippen LogP contribution in [0.3, 0.4) is 0 Å². The summed E-state index contributed by atoms with van der Waals surface area (Å²) in [5.41, 5.74) is 3.31. The van der Waals surface area contributed by atoms with Crippen LogP contribution in [0.4, 0.5) is 0 Å². The van der Waals surface area contributed by atoms with Crippen molar-refractivity contribution in [1.29, 1.82) is 0 Å². The number of ether oxygens (including phenoxy) is 1. The first-order valence-corrected chi connectivity index (χ1v) is 7.76. The number of rotatable bonds is 3. The molecule has 5 heteroatoms. The zero-order valence-electron chi connectivity index (χ0n) is 11.9. The van der Waals surface area contributed by atoms with Crippen LogP contribution in [0.2, 0.25) is 0 Å². The second kappa shape index (κ2) is 5.27. The van der Waals surface area contributed by atoms with E-state index in [9.17, 15) is 0 Å². The van der Waals surface area contributed by atoms with Crippen molar-refractivity contribution in [2.45, 2.75) is 6.92 Å². The normalized spacial score (nSPS) is 11.0. The summed E-state index contributed by atoms with van der Waals surface area (Å²) in [7, 11) is 0. The second-order valence-electron chi connectivity index (χ2n) is 4.97. The van der Waals surface area contributed by atoms with E-state index in [1.54, 1.807) is 4.52 Å². The van der Waals surface area contributed by atoms with Crippen molar-refractivity contribution in [1.82, 2.24) is 14.6 Å². The van der Waals surface area contributed by atoms with Gasteiger partial charge in [-0.15, -0.1) is 5.10 Å². The predicted octanol–water partition coefficient (Wildman–Crippen LogP) is 4.56. The first-order valence-electron chi connectivity index (χ1n) is 6.94. The van der Waals surface area contributed by atoms with E-state index in [-0.39, 0.29) is 0 Å². The van der Waals surface area contributed by atoms with Gasteiger partial charge in [-0.1, -0.05) is 42.5 Å². The maximum absolute atomic E-state index is 5.80. The van der Waals surface area contributed by atoms with E-state index in [1.807, 2.05) is 55.6 Å². The van der Waals surface area contributed by atoms with Crippen molar-refractivity contribution in [3.8, 4) is 22.1 Å². The Morgan fingerprint density at radius 2 is 1.68 bits per heavy atom. The minimum absolute atomic E-state index is 0.593. The number of aryl methyl sites for hydroxylation is 1. The Hall–Kier alpha value is -2.66. The topological polar surface area (TPSA) is 39.4 Å². The molecule has 0 aliphatic carbocycles. The number of fused-ring (bicyclic) bond motifs is 1. The highest BCUT2D eigenvalue weighted by atomic mass is 32.1. The standard InChI is InChI=1S/C17H13N3OS/c1-12-11-20-16(18-12)22-17(19-20)21-15-9-7-14(8-10-15)13-5-3-2-4-6-13/h2-11H,1H3. The molecule has 0 aliphatic heterocycles. The molecule has 108 valence electrons. The van der Waals surface area contributed by atoms with Crippen LogP contribution in [0, 0.1) is 6.92 Å². The zero-order chi connectivity index (χ0) is 14.9. The summed E-state index contributed by atoms with van der Waals surface area (Å²) < 4.78 is 7.54. The smallest absolute Gasteiger partial charge is 0.299 e. The fourth-order valence-electron chi connectivity index (χ4n) is 2.28. The molecule has 0 fully saturated rings. The number of hydrogen-bond donors (Lipinski definition) is 0. The average Bonchev–Trinajstić information content (AvgIpc) is 3.05. The molecule has 0 saturated heterocycles. The molecule has 0 unspecified atom stereocenters. The van der Waals surface area contributed by atoms with Crippen molar-refractivity contribution < 1.29 is 4.74 Å². The molecule has 22 heavy (non-hydrogen) atoms. The van der Waals surface area contributed by atoms with Crippen LogP contribution in [0.5, 0.6) is 10.9 Å². The van der Waals surface area contributed by atoms with Crippen molar-refractivity contribution >= 4 is 16.3 Å². The Morgan fingerprint density at radius 1 is 0.955 bits per heavy atom. The van der Waals surface area contributed by atoms with Gasteiger partial charge in [-0.3, -0.25) is 0 Å². The third-order valence-corrected chi connectivity index (χ3v) is 4.11. The van der Waals surface area contributed by atoms with Gasteiger partial charge >= 0.3 is 0 Å². The fraction of sp³-hybridized carbons (Fsp3) is 0.0588. The van der Waals surface area contributed by atoms with Crippen molar-refractivity contribution in [3.63, 3.8) is 0 Å². The molecule has 0 bridgehead atoms. The molecule has 0 aliphatic rings. The van der Waals surface area contributed by atoms with Crippen molar-refractivity contribution in [2.75, 3.05) is 0 Å². The summed E-state index contributed by atoms with van der Waals surface area (Å²) in [6.07, 6.45) is 1.89. The van der Waals surface area contributed by atoms with Gasteiger partial charge in [-0.05, 0) is 41.5 Å². The minimum atomic E-state index is 0.593. The van der Waals surface area contributed by atoms with E-state index in [1.165, 1.54) is 16.9 Å². The van der Waals surface area contributed by atoms with Gasteiger partial charge in [0.1, 0.15) is 5.75 Å². The van der Waals surface area contributed by atoms with Gasteiger partial charge in [0, 0.05) is 0 Å². The summed E-state index contributed by atoms with van der Waals surface area (Å²) in [6.45, 7) is 1.95. The molecule has 0 N–H and O–H groups in total. The summed E-state index contributed by atoms with van der Waals surface area (Å²) in [4.78, 5) is 5.21. The van der Waals surface area contributed by atoms with Crippen LogP contribution in [-0.2, 0) is 0 Å². The Morgan fingerprint density at radius 3 is 2.41 bits per heavy atom. The van der Waals surface area contributed by atoms with Crippen LogP contribution in [0.15, 0.2) is 60.8 Å². The number of imidazole rings is 1. The quantitative estimate of drug-likeness (QED) is 0.557. The molecule has 0 saturated carbocycles. The van der Waals surface area contributed by atoms with Gasteiger partial charge in [0.05, 0.1) is 11.9 Å². The van der Waals surface area contributed by atoms with E-state index >= 15 is 0 Å². The second-order valence-corrected chi connectivity index (χ2v) is 5.89. The molecule has 2 aromatic heterocycles. The third-order valence-electron chi connectivity index (χ3n) is 3.31. The summed E-state index contributed by atoms with van der Waals surface area (Å²) in [5.74, 6) is 0.772. The van der Waals surface area contributed by atoms with Crippen molar-refractivity contribution in [3.05, 3.63) is 66.5 Å². The van der Waals surface area contributed by atoms with Crippen LogP contribution in [0.25, 0.3) is 16.1 Å². The van der Waals surface area contributed by atoms with Crippen LogP contribution >= 0.6 is 11.3 Å². The highest BCUT2D eigenvalue weighted by Gasteiger charge is 2.08. The van der Waals surface area contributed by atoms with E-state index in [4.69, 9.17) is 4.74 Å². The maximum atomic E-state index is 5.80. The number of benzene rings is 2. The highest BCUT2D eigenvalue weighted by molar-refractivity contribution is 7.18. The lowest BCUT2D eigenvalue weighted by Gasteiger charge is -2.04. The van der Waals surface area contributed by atoms with Gasteiger partial charge < -0.3 is 4.74 Å². The molecule has 0 radical (unpaired) electrons. The van der Waals surface area contributed by atoms with Crippen LogP contribution in [0.1, 0.15) is 5.69 Å². The van der Waals surface area contributed by atoms with Gasteiger partial charge in [-0.2, -0.15) is 0 Å². The predicted molar refractivity (Wildman–Crippen MR) is 87.6 cm³/mol. The molecular formula is C17H13N3OS. The Balaban J connectivity index is 1.56. The molecule has 2 aromatic carbocycles. The third kappa shape index (κ3) is 2.46. The molecule has 0 amide bonds. The number of nitrogens with zero attached hydrogens (tertiary/aromatic N) is 3. The molecule has 0 spiro atoms. The van der Waals surface area contributed by atoms with E-state index in [0.29, 0.717) is 5.19 Å². The molecular weight excluding hydrogens is 294 g/mol. The van der Waals surface area contributed by atoms with Gasteiger partial charge in [0.15, 0.2) is 0 Å². The molecule has 0 atom stereocenters. The van der Waals surface area contributed by atoms with E-state index in [2.05, 4.69) is 22.2 Å². The summed E-state index contributed by atoms with van der Waals surface area (Å²) in [6, 6.07) is 18.3. The summed E-state index contributed by atoms with van der Waals surface area (Å²) >= 11 is 1.43. The van der Waals surface area contributed by atoms with Crippen LogP contribution in [-0.4, -0.2) is 14.6 Å². The Labute approximate surface area is 131 Å². The number of aromatic nitrogens is 3. The maximum Gasteiger partial charge on any atom is 0.299 e. The zero-order valence-corrected chi connectivity index (χ0v) is 12.7. The minimum Gasteiger partial charge on any atom is -0.430 e. The SMILES string of the molecule is Cc1cn2nc(Oc3ccc(-c4ccccc4)cc3)sc2n1. The lowest BCUT2D eigenvalue weighted by Crippen LogP contribution is -1.86. The molecule has 2 heterocycles. The number of hydrogen-bond acceptors (Lipinski definition) is 4. The first kappa shape index (κ1) is 13.0. The van der Waals surface area contributed by atoms with Crippen LogP contribution < -0.4 is 4.74 Å². The van der Waals surface area contributed by atoms with Gasteiger partial charge in [-0.25, -0.2) is 9.50 Å².